The van der Waals surface area contributed by atoms with Crippen LogP contribution in [0.1, 0.15) is 44.9 Å². The Morgan fingerprint density at radius 1 is 1.12 bits per heavy atom. The molecule has 3 rings (SSSR count). The van der Waals surface area contributed by atoms with E-state index in [1.165, 1.54) is 56.4 Å². The van der Waals surface area contributed by atoms with Crippen LogP contribution in [0.2, 0.25) is 0 Å². The van der Waals surface area contributed by atoms with Gasteiger partial charge in [-0.3, -0.25) is 10.1 Å². The molecule has 2 aliphatic rings. The fourth-order valence-electron chi connectivity index (χ4n) is 4.11. The van der Waals surface area contributed by atoms with Crippen molar-refractivity contribution in [3.05, 3.63) is 34.4 Å². The molecule has 1 aliphatic carbocycles. The van der Waals surface area contributed by atoms with Gasteiger partial charge < -0.3 is 5.32 Å². The van der Waals surface area contributed by atoms with E-state index in [-0.39, 0.29) is 16.6 Å². The predicted octanol–water partition coefficient (Wildman–Crippen LogP) is 2.92. The van der Waals surface area contributed by atoms with Crippen molar-refractivity contribution in [1.29, 1.82) is 0 Å². The van der Waals surface area contributed by atoms with E-state index in [4.69, 9.17) is 0 Å². The molecule has 8 heteroatoms. The Hall–Kier alpha value is -1.51. The first-order chi connectivity index (χ1) is 12.5. The monoisotopic (exact) mass is 381 g/mol. The number of hydrogen-bond acceptors (Lipinski definition) is 5. The van der Waals surface area contributed by atoms with Crippen molar-refractivity contribution >= 4 is 15.7 Å². The van der Waals surface area contributed by atoms with Gasteiger partial charge in [-0.1, -0.05) is 32.1 Å². The third-order valence-corrected chi connectivity index (χ3v) is 7.47. The van der Waals surface area contributed by atoms with Crippen molar-refractivity contribution < 1.29 is 13.3 Å². The van der Waals surface area contributed by atoms with Crippen molar-refractivity contribution in [2.75, 3.05) is 19.6 Å². The summed E-state index contributed by atoms with van der Waals surface area (Å²) < 4.78 is 28.0. The van der Waals surface area contributed by atoms with Gasteiger partial charge in [-0.2, -0.15) is 4.31 Å². The Kier molecular flexibility index (Phi) is 6.26. The summed E-state index contributed by atoms with van der Waals surface area (Å²) in [6.07, 6.45) is 7.78. The van der Waals surface area contributed by atoms with Crippen molar-refractivity contribution in [1.82, 2.24) is 9.62 Å². The summed E-state index contributed by atoms with van der Waals surface area (Å²) in [5, 5.41) is 14.2. The summed E-state index contributed by atoms with van der Waals surface area (Å²) >= 11 is 0. The molecule has 2 fully saturated rings. The fourth-order valence-corrected chi connectivity index (χ4v) is 5.79. The van der Waals surface area contributed by atoms with Crippen LogP contribution in [0, 0.1) is 16.0 Å². The number of benzene rings is 1. The van der Waals surface area contributed by atoms with Gasteiger partial charge in [-0.25, -0.2) is 8.42 Å². The Bertz CT molecular complexity index is 714. The van der Waals surface area contributed by atoms with Crippen LogP contribution in [-0.2, 0) is 10.0 Å². The van der Waals surface area contributed by atoms with E-state index in [1.807, 2.05) is 0 Å². The first kappa shape index (κ1) is 19.3. The second-order valence-electron chi connectivity index (χ2n) is 7.32. The van der Waals surface area contributed by atoms with Crippen LogP contribution in [0.3, 0.4) is 0 Å². The van der Waals surface area contributed by atoms with Gasteiger partial charge in [-0.15, -0.1) is 0 Å². The van der Waals surface area contributed by atoms with Gasteiger partial charge in [0, 0.05) is 31.3 Å². The summed E-state index contributed by atoms with van der Waals surface area (Å²) in [6.45, 7) is 1.97. The van der Waals surface area contributed by atoms with E-state index in [0.717, 1.165) is 19.4 Å². The molecule has 144 valence electrons. The molecule has 1 heterocycles. The molecular formula is C18H27N3O4S. The minimum Gasteiger partial charge on any atom is -0.315 e. The molecular weight excluding hydrogens is 354 g/mol. The highest BCUT2D eigenvalue weighted by Crippen LogP contribution is 2.31. The fraction of sp³-hybridized carbons (Fsp3) is 0.667. The lowest BCUT2D eigenvalue weighted by Crippen LogP contribution is -2.44. The summed E-state index contributed by atoms with van der Waals surface area (Å²) in [5.41, 5.74) is -0.0970. The Morgan fingerprint density at radius 2 is 1.81 bits per heavy atom. The summed E-state index contributed by atoms with van der Waals surface area (Å²) in [5.74, 6) is 0.586. The standard InChI is InChI=1S/C18H27N3O4S/c22-21(23)16-7-9-18(10-8-16)26(24,25)20-12-4-11-19-14-17(20)13-15-5-2-1-3-6-15/h7-10,15,17,19H,1-6,11-14H2/t17-/m1/s1. The molecule has 0 radical (unpaired) electrons. The summed E-state index contributed by atoms with van der Waals surface area (Å²) in [7, 11) is -3.66. The van der Waals surface area contributed by atoms with Gasteiger partial charge in [0.05, 0.1) is 9.82 Å². The lowest BCUT2D eigenvalue weighted by Gasteiger charge is -2.33. The van der Waals surface area contributed by atoms with E-state index >= 15 is 0 Å². The first-order valence-electron chi connectivity index (χ1n) is 9.45. The van der Waals surface area contributed by atoms with Crippen molar-refractivity contribution in [3.8, 4) is 0 Å². The third-order valence-electron chi connectivity index (χ3n) is 5.50. The topological polar surface area (TPSA) is 92.5 Å². The lowest BCUT2D eigenvalue weighted by molar-refractivity contribution is -0.384. The number of rotatable bonds is 5. The first-order valence-corrected chi connectivity index (χ1v) is 10.9. The zero-order valence-electron chi connectivity index (χ0n) is 15.0. The number of nitrogens with zero attached hydrogens (tertiary/aromatic N) is 2. The zero-order chi connectivity index (χ0) is 18.6. The average Bonchev–Trinajstić information content (AvgIpc) is 2.88. The Balaban J connectivity index is 1.82. The number of nitrogens with one attached hydrogen (secondary N) is 1. The number of sulfonamides is 1. The maximum absolute atomic E-state index is 13.2. The van der Waals surface area contributed by atoms with Gasteiger partial charge in [0.15, 0.2) is 0 Å². The van der Waals surface area contributed by atoms with Gasteiger partial charge in [0.2, 0.25) is 10.0 Å². The second kappa shape index (κ2) is 8.45. The molecule has 0 aromatic heterocycles. The number of nitro benzene ring substituents is 1. The van der Waals surface area contributed by atoms with Crippen LogP contribution in [0.5, 0.6) is 0 Å². The molecule has 0 spiro atoms. The van der Waals surface area contributed by atoms with Crippen LogP contribution in [0.15, 0.2) is 29.2 Å². The van der Waals surface area contributed by atoms with Gasteiger partial charge in [-0.05, 0) is 37.4 Å². The Morgan fingerprint density at radius 3 is 2.46 bits per heavy atom. The van der Waals surface area contributed by atoms with E-state index in [0.29, 0.717) is 19.0 Å². The number of nitro groups is 1. The number of non-ortho nitro benzene ring substituents is 1. The molecule has 0 bridgehead atoms. The molecule has 1 atom stereocenters. The second-order valence-corrected chi connectivity index (χ2v) is 9.21. The smallest absolute Gasteiger partial charge is 0.269 e. The lowest BCUT2D eigenvalue weighted by atomic mass is 9.85. The van der Waals surface area contributed by atoms with E-state index in [2.05, 4.69) is 5.32 Å². The van der Waals surface area contributed by atoms with Crippen molar-refractivity contribution in [3.63, 3.8) is 0 Å². The predicted molar refractivity (Wildman–Crippen MR) is 99.5 cm³/mol. The van der Waals surface area contributed by atoms with Crippen LogP contribution < -0.4 is 5.32 Å². The molecule has 26 heavy (non-hydrogen) atoms. The quantitative estimate of drug-likeness (QED) is 0.625. The molecule has 0 unspecified atom stereocenters. The molecule has 7 nitrogen and oxygen atoms in total. The molecule has 1 saturated heterocycles. The zero-order valence-corrected chi connectivity index (χ0v) is 15.8. The van der Waals surface area contributed by atoms with Crippen LogP contribution >= 0.6 is 0 Å². The minimum absolute atomic E-state index is 0.0548. The largest absolute Gasteiger partial charge is 0.315 e. The van der Waals surface area contributed by atoms with E-state index in [1.54, 1.807) is 4.31 Å². The molecule has 1 saturated carbocycles. The highest BCUT2D eigenvalue weighted by molar-refractivity contribution is 7.89. The van der Waals surface area contributed by atoms with Gasteiger partial charge in [0.25, 0.3) is 5.69 Å². The van der Waals surface area contributed by atoms with Crippen LogP contribution in [-0.4, -0.2) is 43.3 Å². The average molecular weight is 381 g/mol. The molecule has 1 aromatic rings. The molecule has 1 aromatic carbocycles. The van der Waals surface area contributed by atoms with Gasteiger partial charge >= 0.3 is 0 Å². The highest BCUT2D eigenvalue weighted by atomic mass is 32.2. The maximum atomic E-state index is 13.2. The van der Waals surface area contributed by atoms with Crippen LogP contribution in [0.4, 0.5) is 5.69 Å². The van der Waals surface area contributed by atoms with Crippen molar-refractivity contribution in [2.24, 2.45) is 5.92 Å². The molecule has 1 aliphatic heterocycles. The minimum atomic E-state index is -3.66. The number of hydrogen-bond donors (Lipinski definition) is 1. The van der Waals surface area contributed by atoms with Crippen molar-refractivity contribution in [2.45, 2.75) is 55.9 Å². The normalized spacial score (nSPS) is 23.5. The van der Waals surface area contributed by atoms with Crippen LogP contribution in [0.25, 0.3) is 0 Å². The molecule has 0 amide bonds. The highest BCUT2D eigenvalue weighted by Gasteiger charge is 2.34. The Labute approximate surface area is 155 Å². The third kappa shape index (κ3) is 4.42. The molecule has 1 N–H and O–H groups in total. The van der Waals surface area contributed by atoms with E-state index in [9.17, 15) is 18.5 Å². The maximum Gasteiger partial charge on any atom is 0.269 e. The summed E-state index contributed by atoms with van der Waals surface area (Å²) in [4.78, 5) is 10.4. The SMILES string of the molecule is O=[N+]([O-])c1ccc(S(=O)(=O)N2CCCNC[C@H]2CC2CCCCC2)cc1. The van der Waals surface area contributed by atoms with E-state index < -0.39 is 14.9 Å². The van der Waals surface area contributed by atoms with Gasteiger partial charge in [0.1, 0.15) is 0 Å². The summed E-state index contributed by atoms with van der Waals surface area (Å²) in [6, 6.07) is 5.17.